The third-order valence-corrected chi connectivity index (χ3v) is 4.54. The van der Waals surface area contributed by atoms with Gasteiger partial charge in [0, 0.05) is 30.1 Å². The van der Waals surface area contributed by atoms with Gasteiger partial charge in [0.25, 0.3) is 5.91 Å². The van der Waals surface area contributed by atoms with Crippen molar-refractivity contribution in [3.05, 3.63) is 59.7 Å². The number of methoxy groups -OCH3 is 1. The lowest BCUT2D eigenvalue weighted by atomic mass is 10.1. The summed E-state index contributed by atoms with van der Waals surface area (Å²) in [6, 6.07) is 15.6. The van der Waals surface area contributed by atoms with Crippen LogP contribution in [0.4, 0.5) is 5.69 Å². The molecule has 2 aromatic rings. The molecule has 0 aliphatic rings. The molecule has 2 rings (SSSR count). The molecule has 0 fully saturated rings. The second-order valence-electron chi connectivity index (χ2n) is 6.36. The van der Waals surface area contributed by atoms with Crippen LogP contribution in [0.15, 0.2) is 53.6 Å². The maximum atomic E-state index is 12.3. The van der Waals surface area contributed by atoms with Gasteiger partial charge < -0.3 is 9.64 Å². The molecule has 0 spiro atoms. The van der Waals surface area contributed by atoms with E-state index in [-0.39, 0.29) is 5.91 Å². The first kappa shape index (κ1) is 20.5. The zero-order valence-corrected chi connectivity index (χ0v) is 16.7. The largest absolute Gasteiger partial charge is 0.497 e. The lowest BCUT2D eigenvalue weighted by Crippen LogP contribution is -2.22. The van der Waals surface area contributed by atoms with Gasteiger partial charge in [0.1, 0.15) is 5.75 Å². The van der Waals surface area contributed by atoms with Gasteiger partial charge in [-0.15, -0.1) is 0 Å². The molecule has 0 aromatic heterocycles. The van der Waals surface area contributed by atoms with Crippen molar-refractivity contribution in [2.45, 2.75) is 33.6 Å². The Kier molecular flexibility index (Phi) is 7.86. The zero-order valence-electron chi connectivity index (χ0n) is 16.7. The van der Waals surface area contributed by atoms with Gasteiger partial charge in [0.05, 0.1) is 7.11 Å². The Hall–Kier alpha value is -2.82. The van der Waals surface area contributed by atoms with Crippen LogP contribution < -0.4 is 15.1 Å². The van der Waals surface area contributed by atoms with Crippen molar-refractivity contribution >= 4 is 17.3 Å². The summed E-state index contributed by atoms with van der Waals surface area (Å²) in [5.41, 5.74) is 6.47. The first-order chi connectivity index (χ1) is 13.1. The Morgan fingerprint density at radius 2 is 1.67 bits per heavy atom. The lowest BCUT2D eigenvalue weighted by molar-refractivity contribution is 0.0954. The Morgan fingerprint density at radius 3 is 2.22 bits per heavy atom. The molecular weight excluding hydrogens is 338 g/mol. The maximum absolute atomic E-state index is 12.3. The summed E-state index contributed by atoms with van der Waals surface area (Å²) in [6.07, 6.45) is 1.65. The van der Waals surface area contributed by atoms with Gasteiger partial charge in [-0.05, 0) is 75.6 Å². The van der Waals surface area contributed by atoms with Crippen molar-refractivity contribution in [3.63, 3.8) is 0 Å². The molecule has 144 valence electrons. The van der Waals surface area contributed by atoms with Crippen molar-refractivity contribution in [1.29, 1.82) is 0 Å². The van der Waals surface area contributed by atoms with Crippen LogP contribution >= 0.6 is 0 Å². The number of carbonyl (C=O) groups excluding carboxylic acids is 1. The molecule has 0 atom stereocenters. The van der Waals surface area contributed by atoms with Crippen molar-refractivity contribution in [2.75, 3.05) is 25.1 Å². The number of hydrogen-bond acceptors (Lipinski definition) is 4. The number of benzene rings is 2. The van der Waals surface area contributed by atoms with Gasteiger partial charge in [-0.3, -0.25) is 4.79 Å². The second kappa shape index (κ2) is 10.4. The standard InChI is InChI=1S/C22H29N3O2/c1-5-25(6-2)20-13-11-19(12-14-20)22(26)24-23-17(3)7-8-18-9-15-21(27-4)16-10-18/h9-16H,5-8H2,1-4H3,(H,24,26)/b23-17-. The van der Waals surface area contributed by atoms with Crippen LogP contribution in [-0.2, 0) is 6.42 Å². The van der Waals surface area contributed by atoms with Crippen LogP contribution in [0.1, 0.15) is 43.1 Å². The smallest absolute Gasteiger partial charge is 0.271 e. The summed E-state index contributed by atoms with van der Waals surface area (Å²) in [7, 11) is 1.66. The van der Waals surface area contributed by atoms with Crippen LogP contribution in [0.3, 0.4) is 0 Å². The molecule has 0 bridgehead atoms. The van der Waals surface area contributed by atoms with E-state index in [4.69, 9.17) is 4.74 Å². The van der Waals surface area contributed by atoms with Crippen molar-refractivity contribution in [1.82, 2.24) is 5.43 Å². The fourth-order valence-electron chi connectivity index (χ4n) is 2.80. The Morgan fingerprint density at radius 1 is 1.04 bits per heavy atom. The summed E-state index contributed by atoms with van der Waals surface area (Å²) in [6.45, 7) is 8.05. The molecule has 1 amide bonds. The molecule has 0 saturated heterocycles. The van der Waals surface area contributed by atoms with Crippen LogP contribution in [0.5, 0.6) is 5.75 Å². The number of nitrogens with zero attached hydrogens (tertiary/aromatic N) is 2. The number of ether oxygens (including phenoxy) is 1. The summed E-state index contributed by atoms with van der Waals surface area (Å²) in [5.74, 6) is 0.660. The number of amides is 1. The summed E-state index contributed by atoms with van der Waals surface area (Å²) >= 11 is 0. The van der Waals surface area contributed by atoms with Crippen LogP contribution in [0, 0.1) is 0 Å². The predicted molar refractivity (Wildman–Crippen MR) is 112 cm³/mol. The predicted octanol–water partition coefficient (Wildman–Crippen LogP) is 4.28. The van der Waals surface area contributed by atoms with E-state index in [1.807, 2.05) is 55.5 Å². The SMILES string of the molecule is CCN(CC)c1ccc(C(=O)N/N=C(/C)CCc2ccc(OC)cc2)cc1. The van der Waals surface area contributed by atoms with Gasteiger partial charge >= 0.3 is 0 Å². The van der Waals surface area contributed by atoms with E-state index in [1.165, 1.54) is 5.56 Å². The van der Waals surface area contributed by atoms with E-state index in [2.05, 4.69) is 29.3 Å². The van der Waals surface area contributed by atoms with E-state index in [1.54, 1.807) is 7.11 Å². The molecule has 2 aromatic carbocycles. The molecule has 1 N–H and O–H groups in total. The highest BCUT2D eigenvalue weighted by Gasteiger charge is 2.07. The third kappa shape index (κ3) is 6.13. The highest BCUT2D eigenvalue weighted by Crippen LogP contribution is 2.15. The lowest BCUT2D eigenvalue weighted by Gasteiger charge is -2.20. The molecule has 0 heterocycles. The first-order valence-corrected chi connectivity index (χ1v) is 9.38. The number of carbonyl (C=O) groups is 1. The molecule has 0 saturated carbocycles. The average molecular weight is 367 g/mol. The van der Waals surface area contributed by atoms with Gasteiger partial charge in [0.2, 0.25) is 0 Å². The Balaban J connectivity index is 1.87. The van der Waals surface area contributed by atoms with E-state index in [9.17, 15) is 4.79 Å². The van der Waals surface area contributed by atoms with E-state index >= 15 is 0 Å². The number of rotatable bonds is 9. The molecule has 5 nitrogen and oxygen atoms in total. The van der Waals surface area contributed by atoms with Gasteiger partial charge in [-0.1, -0.05) is 12.1 Å². The average Bonchev–Trinajstić information content (AvgIpc) is 2.72. The van der Waals surface area contributed by atoms with Crippen molar-refractivity contribution in [2.24, 2.45) is 5.10 Å². The highest BCUT2D eigenvalue weighted by molar-refractivity contribution is 5.95. The van der Waals surface area contributed by atoms with Crippen molar-refractivity contribution in [3.8, 4) is 5.75 Å². The highest BCUT2D eigenvalue weighted by atomic mass is 16.5. The third-order valence-electron chi connectivity index (χ3n) is 4.54. The molecular formula is C22H29N3O2. The zero-order chi connectivity index (χ0) is 19.6. The Labute approximate surface area is 162 Å². The number of aryl methyl sites for hydroxylation is 1. The molecule has 0 aliphatic carbocycles. The van der Waals surface area contributed by atoms with Crippen molar-refractivity contribution < 1.29 is 9.53 Å². The molecule has 0 unspecified atom stereocenters. The van der Waals surface area contributed by atoms with Crippen LogP contribution in [0.2, 0.25) is 0 Å². The first-order valence-electron chi connectivity index (χ1n) is 9.38. The summed E-state index contributed by atoms with van der Waals surface area (Å²) in [5, 5.41) is 4.22. The molecule has 5 heteroatoms. The molecule has 0 aliphatic heterocycles. The minimum Gasteiger partial charge on any atom is -0.497 e. The normalized spacial score (nSPS) is 11.2. The fourth-order valence-corrected chi connectivity index (χ4v) is 2.80. The van der Waals surface area contributed by atoms with Crippen LogP contribution in [0.25, 0.3) is 0 Å². The second-order valence-corrected chi connectivity index (χ2v) is 6.36. The minimum atomic E-state index is -0.190. The fraction of sp³-hybridized carbons (Fsp3) is 0.364. The van der Waals surface area contributed by atoms with E-state index in [0.29, 0.717) is 5.56 Å². The topological polar surface area (TPSA) is 53.9 Å². The number of nitrogens with one attached hydrogen (secondary N) is 1. The summed E-state index contributed by atoms with van der Waals surface area (Å²) in [4.78, 5) is 14.5. The number of hydrogen-bond donors (Lipinski definition) is 1. The van der Waals surface area contributed by atoms with E-state index in [0.717, 1.165) is 43.1 Å². The van der Waals surface area contributed by atoms with Gasteiger partial charge in [-0.2, -0.15) is 5.10 Å². The molecule has 0 radical (unpaired) electrons. The minimum absolute atomic E-state index is 0.190. The van der Waals surface area contributed by atoms with Crippen LogP contribution in [-0.4, -0.2) is 31.8 Å². The monoisotopic (exact) mass is 367 g/mol. The van der Waals surface area contributed by atoms with E-state index < -0.39 is 0 Å². The molecule has 27 heavy (non-hydrogen) atoms. The van der Waals surface area contributed by atoms with Gasteiger partial charge in [0.15, 0.2) is 0 Å². The van der Waals surface area contributed by atoms with Gasteiger partial charge in [-0.25, -0.2) is 5.43 Å². The quantitative estimate of drug-likeness (QED) is 0.532. The number of hydrazone groups is 1. The maximum Gasteiger partial charge on any atom is 0.271 e. The number of anilines is 1. The Bertz CT molecular complexity index is 748. The summed E-state index contributed by atoms with van der Waals surface area (Å²) < 4.78 is 5.16.